The Labute approximate surface area is 148 Å². The van der Waals surface area contributed by atoms with Gasteiger partial charge in [0.15, 0.2) is 0 Å². The third-order valence-corrected chi connectivity index (χ3v) is 6.23. The number of sulfonamides is 2. The van der Waals surface area contributed by atoms with Gasteiger partial charge in [-0.25, -0.2) is 26.3 Å². The Hall–Kier alpha value is -1.49. The summed E-state index contributed by atoms with van der Waals surface area (Å²) >= 11 is 0. The summed E-state index contributed by atoms with van der Waals surface area (Å²) in [6.07, 6.45) is 3.51. The minimum absolute atomic E-state index is 0.0173. The molecule has 0 saturated carbocycles. The van der Waals surface area contributed by atoms with E-state index in [9.17, 15) is 21.6 Å². The van der Waals surface area contributed by atoms with Crippen LogP contribution in [0.1, 0.15) is 29.6 Å². The number of amides is 1. The van der Waals surface area contributed by atoms with Crippen molar-refractivity contribution >= 4 is 26.0 Å². The lowest BCUT2D eigenvalue weighted by Crippen LogP contribution is -2.49. The third kappa shape index (κ3) is 5.24. The van der Waals surface area contributed by atoms with E-state index in [0.29, 0.717) is 13.0 Å². The van der Waals surface area contributed by atoms with Crippen LogP contribution in [0.25, 0.3) is 0 Å². The van der Waals surface area contributed by atoms with Gasteiger partial charge in [0.25, 0.3) is 5.91 Å². The van der Waals surface area contributed by atoms with Crippen molar-refractivity contribution in [2.75, 3.05) is 26.4 Å². The van der Waals surface area contributed by atoms with Crippen molar-refractivity contribution in [3.05, 3.63) is 29.8 Å². The number of piperidine rings is 1. The summed E-state index contributed by atoms with van der Waals surface area (Å²) in [4.78, 5) is 14.5. The lowest BCUT2D eigenvalue weighted by Gasteiger charge is -2.36. The molecule has 8 nitrogen and oxygen atoms in total. The van der Waals surface area contributed by atoms with E-state index in [2.05, 4.69) is 9.44 Å². The van der Waals surface area contributed by atoms with E-state index in [4.69, 9.17) is 0 Å². The molecule has 0 bridgehead atoms. The summed E-state index contributed by atoms with van der Waals surface area (Å²) in [5, 5.41) is 0. The lowest BCUT2D eigenvalue weighted by molar-refractivity contribution is 0.0618. The fourth-order valence-corrected chi connectivity index (χ4v) is 4.08. The van der Waals surface area contributed by atoms with Crippen molar-refractivity contribution in [3.63, 3.8) is 0 Å². The van der Waals surface area contributed by atoms with Crippen LogP contribution >= 0.6 is 0 Å². The third-order valence-electron chi connectivity index (χ3n) is 4.13. The summed E-state index contributed by atoms with van der Waals surface area (Å²) in [7, 11) is -5.68. The Balaban J connectivity index is 2.24. The molecule has 1 heterocycles. The van der Waals surface area contributed by atoms with E-state index in [1.807, 2.05) is 0 Å². The Bertz CT molecular complexity index is 836. The Kier molecular flexibility index (Phi) is 6.20. The van der Waals surface area contributed by atoms with Gasteiger partial charge in [0, 0.05) is 24.7 Å². The minimum Gasteiger partial charge on any atom is -0.334 e. The first-order valence-electron chi connectivity index (χ1n) is 7.93. The first-order valence-corrected chi connectivity index (χ1v) is 11.3. The van der Waals surface area contributed by atoms with E-state index in [1.54, 1.807) is 11.0 Å². The second-order valence-electron chi connectivity index (χ2n) is 6.00. The van der Waals surface area contributed by atoms with Crippen molar-refractivity contribution in [2.45, 2.75) is 30.2 Å². The van der Waals surface area contributed by atoms with Crippen LogP contribution in [-0.4, -0.2) is 60.1 Å². The summed E-state index contributed by atoms with van der Waals surface area (Å²) in [5.74, 6) is -0.298. The van der Waals surface area contributed by atoms with Crippen molar-refractivity contribution in [2.24, 2.45) is 0 Å². The predicted molar refractivity (Wildman–Crippen MR) is 94.2 cm³/mol. The van der Waals surface area contributed by atoms with Crippen molar-refractivity contribution in [1.82, 2.24) is 14.3 Å². The van der Waals surface area contributed by atoms with Crippen LogP contribution in [-0.2, 0) is 20.0 Å². The van der Waals surface area contributed by atoms with Crippen LogP contribution in [0.15, 0.2) is 29.2 Å². The molecule has 0 unspecified atom stereocenters. The van der Waals surface area contributed by atoms with Gasteiger partial charge in [-0.2, -0.15) is 0 Å². The van der Waals surface area contributed by atoms with Crippen LogP contribution in [0.2, 0.25) is 0 Å². The molecule has 1 fully saturated rings. The van der Waals surface area contributed by atoms with Crippen LogP contribution in [0.5, 0.6) is 0 Å². The monoisotopic (exact) mass is 389 g/mol. The highest BCUT2D eigenvalue weighted by atomic mass is 32.2. The molecule has 0 spiro atoms. The molecule has 1 aliphatic heterocycles. The molecule has 0 aromatic heterocycles. The lowest BCUT2D eigenvalue weighted by atomic mass is 10.0. The number of nitrogens with zero attached hydrogens (tertiary/aromatic N) is 1. The van der Waals surface area contributed by atoms with Gasteiger partial charge in [-0.3, -0.25) is 4.79 Å². The molecular formula is C15H23N3O5S2. The number of benzene rings is 1. The Morgan fingerprint density at radius 2 is 1.96 bits per heavy atom. The first-order chi connectivity index (χ1) is 11.6. The maximum absolute atomic E-state index is 12.8. The average molecular weight is 389 g/mol. The van der Waals surface area contributed by atoms with E-state index in [-0.39, 0.29) is 29.0 Å². The highest BCUT2D eigenvalue weighted by Crippen LogP contribution is 2.21. The van der Waals surface area contributed by atoms with Crippen molar-refractivity contribution in [1.29, 1.82) is 0 Å². The van der Waals surface area contributed by atoms with Crippen LogP contribution < -0.4 is 9.44 Å². The second kappa shape index (κ2) is 7.81. The molecule has 0 aliphatic carbocycles. The van der Waals surface area contributed by atoms with E-state index < -0.39 is 20.0 Å². The molecule has 10 heteroatoms. The van der Waals surface area contributed by atoms with Gasteiger partial charge >= 0.3 is 0 Å². The maximum Gasteiger partial charge on any atom is 0.254 e. The fraction of sp³-hybridized carbons (Fsp3) is 0.533. The summed E-state index contributed by atoms with van der Waals surface area (Å²) < 4.78 is 51.1. The average Bonchev–Trinajstić information content (AvgIpc) is 2.59. The number of nitrogens with one attached hydrogen (secondary N) is 2. The van der Waals surface area contributed by atoms with Crippen molar-refractivity contribution in [3.8, 4) is 0 Å². The molecule has 1 atom stereocenters. The molecule has 1 aromatic rings. The normalized spacial score (nSPS) is 19.0. The number of hydrogen-bond donors (Lipinski definition) is 2. The van der Waals surface area contributed by atoms with Gasteiger partial charge < -0.3 is 4.90 Å². The molecule has 25 heavy (non-hydrogen) atoms. The van der Waals surface area contributed by atoms with Gasteiger partial charge in [0.1, 0.15) is 0 Å². The van der Waals surface area contributed by atoms with Crippen molar-refractivity contribution < 1.29 is 21.6 Å². The van der Waals surface area contributed by atoms with Gasteiger partial charge in [0.2, 0.25) is 20.0 Å². The van der Waals surface area contributed by atoms with E-state index in [1.165, 1.54) is 25.2 Å². The number of carbonyl (C=O) groups excluding carboxylic acids is 1. The molecule has 1 amide bonds. The summed E-state index contributed by atoms with van der Waals surface area (Å²) in [6, 6.07) is 5.59. The molecular weight excluding hydrogens is 366 g/mol. The Morgan fingerprint density at radius 3 is 2.60 bits per heavy atom. The largest absolute Gasteiger partial charge is 0.334 e. The molecule has 2 rings (SSSR count). The molecule has 1 aromatic carbocycles. The van der Waals surface area contributed by atoms with Gasteiger partial charge in [0.05, 0.1) is 11.2 Å². The summed E-state index contributed by atoms with van der Waals surface area (Å²) in [5.41, 5.74) is 0.266. The van der Waals surface area contributed by atoms with Crippen LogP contribution in [0.4, 0.5) is 0 Å². The SMILES string of the molecule is CNS(=O)(=O)c1cccc(C(=O)N2CCCC[C@@H]2CNS(C)(=O)=O)c1. The molecule has 1 aliphatic rings. The number of hydrogen-bond acceptors (Lipinski definition) is 5. The fourth-order valence-electron chi connectivity index (χ4n) is 2.81. The highest BCUT2D eigenvalue weighted by molar-refractivity contribution is 7.89. The zero-order chi connectivity index (χ0) is 18.7. The number of rotatable bonds is 6. The van der Waals surface area contributed by atoms with Gasteiger partial charge in [-0.15, -0.1) is 0 Å². The molecule has 140 valence electrons. The molecule has 1 saturated heterocycles. The van der Waals surface area contributed by atoms with E-state index in [0.717, 1.165) is 19.1 Å². The van der Waals surface area contributed by atoms with E-state index >= 15 is 0 Å². The molecule has 0 radical (unpaired) electrons. The van der Waals surface area contributed by atoms with Gasteiger partial charge in [-0.1, -0.05) is 6.07 Å². The second-order valence-corrected chi connectivity index (χ2v) is 9.72. The molecule has 2 N–H and O–H groups in total. The first kappa shape index (κ1) is 19.8. The Morgan fingerprint density at radius 1 is 1.24 bits per heavy atom. The van der Waals surface area contributed by atoms with Crippen LogP contribution in [0, 0.1) is 0 Å². The minimum atomic E-state index is -3.64. The zero-order valence-electron chi connectivity index (χ0n) is 14.2. The quantitative estimate of drug-likeness (QED) is 0.719. The van der Waals surface area contributed by atoms with Crippen LogP contribution in [0.3, 0.4) is 0 Å². The predicted octanol–water partition coefficient (Wildman–Crippen LogP) is 0.139. The van der Waals surface area contributed by atoms with Gasteiger partial charge in [-0.05, 0) is 44.5 Å². The number of likely N-dealkylation sites (tertiary alicyclic amines) is 1. The standard InChI is InChI=1S/C15H23N3O5S2/c1-16-25(22,23)14-8-5-6-12(10-14)15(19)18-9-4-3-7-13(18)11-17-24(2,20)21/h5-6,8,10,13,16-17H,3-4,7,9,11H2,1-2H3/t13-/m1/s1. The maximum atomic E-state index is 12.8. The summed E-state index contributed by atoms with van der Waals surface area (Å²) in [6.45, 7) is 0.664. The smallest absolute Gasteiger partial charge is 0.254 e. The highest BCUT2D eigenvalue weighted by Gasteiger charge is 2.28. The number of carbonyl (C=O) groups is 1. The topological polar surface area (TPSA) is 113 Å². The zero-order valence-corrected chi connectivity index (χ0v) is 15.9.